The molecule has 2 aromatic rings. The maximum Gasteiger partial charge on any atom is 0.433 e. The predicted octanol–water partition coefficient (Wildman–Crippen LogP) is 2.58. The van der Waals surface area contributed by atoms with Gasteiger partial charge in [0.15, 0.2) is 11.1 Å². The highest BCUT2D eigenvalue weighted by atomic mass is 32.2. The van der Waals surface area contributed by atoms with Crippen LogP contribution in [0.25, 0.3) is 11.3 Å². The molecule has 0 aliphatic rings. The standard InChI is InChI=1S/C13H9F3N2O4S/c14-13(15,16)10-5-9(17-11(18-10)6-23(21)22)7-3-1-2-4-8(7)12(19)20/h1-5H,6H2,(H,19,20)(H,21,22). The van der Waals surface area contributed by atoms with E-state index in [1.165, 1.54) is 24.3 Å². The Labute approximate surface area is 130 Å². The quantitative estimate of drug-likeness (QED) is 0.826. The first-order valence-electron chi connectivity index (χ1n) is 6.04. The van der Waals surface area contributed by atoms with E-state index in [4.69, 9.17) is 9.66 Å². The Morgan fingerprint density at radius 2 is 1.87 bits per heavy atom. The van der Waals surface area contributed by atoms with Crippen LogP contribution >= 0.6 is 0 Å². The highest BCUT2D eigenvalue weighted by Gasteiger charge is 2.34. The monoisotopic (exact) mass is 346 g/mol. The van der Waals surface area contributed by atoms with Crippen molar-refractivity contribution in [2.75, 3.05) is 0 Å². The molecule has 1 atom stereocenters. The van der Waals surface area contributed by atoms with Crippen molar-refractivity contribution in [1.29, 1.82) is 0 Å². The summed E-state index contributed by atoms with van der Waals surface area (Å²) in [7, 11) is 0. The van der Waals surface area contributed by atoms with E-state index in [1.807, 2.05) is 0 Å². The molecule has 6 nitrogen and oxygen atoms in total. The highest BCUT2D eigenvalue weighted by Crippen LogP contribution is 2.31. The molecule has 122 valence electrons. The predicted molar refractivity (Wildman–Crippen MR) is 73.9 cm³/mol. The topological polar surface area (TPSA) is 100 Å². The summed E-state index contributed by atoms with van der Waals surface area (Å²) in [6.07, 6.45) is -4.80. The van der Waals surface area contributed by atoms with Gasteiger partial charge in [0, 0.05) is 5.56 Å². The first-order valence-corrected chi connectivity index (χ1v) is 7.31. The number of aromatic nitrogens is 2. The van der Waals surface area contributed by atoms with Crippen LogP contribution in [-0.2, 0) is 23.0 Å². The minimum atomic E-state index is -4.80. The van der Waals surface area contributed by atoms with Gasteiger partial charge in [0.25, 0.3) is 0 Å². The number of benzene rings is 1. The lowest BCUT2D eigenvalue weighted by Gasteiger charge is -2.11. The van der Waals surface area contributed by atoms with Gasteiger partial charge in [0.1, 0.15) is 17.3 Å². The number of alkyl halides is 3. The second kappa shape index (κ2) is 6.42. The summed E-state index contributed by atoms with van der Waals surface area (Å²) in [5, 5.41) is 9.12. The van der Waals surface area contributed by atoms with Gasteiger partial charge in [-0.1, -0.05) is 18.2 Å². The van der Waals surface area contributed by atoms with Crippen molar-refractivity contribution in [2.45, 2.75) is 11.9 Å². The number of rotatable bonds is 4. The van der Waals surface area contributed by atoms with Gasteiger partial charge in [-0.2, -0.15) is 13.2 Å². The van der Waals surface area contributed by atoms with Crippen LogP contribution in [0.15, 0.2) is 30.3 Å². The Hall–Kier alpha value is -2.33. The third kappa shape index (κ3) is 4.11. The summed E-state index contributed by atoms with van der Waals surface area (Å²) in [6, 6.07) is 5.98. The smallest absolute Gasteiger partial charge is 0.433 e. The third-order valence-corrected chi connectivity index (χ3v) is 3.25. The van der Waals surface area contributed by atoms with Gasteiger partial charge in [0.2, 0.25) is 0 Å². The highest BCUT2D eigenvalue weighted by molar-refractivity contribution is 7.78. The normalized spacial score (nSPS) is 12.9. The average molecular weight is 346 g/mol. The Balaban J connectivity index is 2.67. The Morgan fingerprint density at radius 3 is 2.43 bits per heavy atom. The number of hydrogen-bond donors (Lipinski definition) is 2. The molecule has 0 saturated carbocycles. The van der Waals surface area contributed by atoms with E-state index in [9.17, 15) is 22.2 Å². The van der Waals surface area contributed by atoms with Crippen molar-refractivity contribution in [1.82, 2.24) is 9.97 Å². The van der Waals surface area contributed by atoms with Gasteiger partial charge in [-0.15, -0.1) is 0 Å². The molecule has 0 bridgehead atoms. The zero-order valence-corrected chi connectivity index (χ0v) is 12.1. The van der Waals surface area contributed by atoms with Crippen molar-refractivity contribution in [3.05, 3.63) is 47.4 Å². The van der Waals surface area contributed by atoms with Crippen LogP contribution in [0.3, 0.4) is 0 Å². The molecule has 1 aromatic carbocycles. The number of aromatic carboxylic acids is 1. The lowest BCUT2D eigenvalue weighted by molar-refractivity contribution is -0.141. The van der Waals surface area contributed by atoms with E-state index in [2.05, 4.69) is 9.97 Å². The number of carboxylic acid groups (broad SMARTS) is 1. The van der Waals surface area contributed by atoms with Gasteiger partial charge in [-0.25, -0.2) is 19.0 Å². The molecule has 0 fully saturated rings. The van der Waals surface area contributed by atoms with Crippen LogP contribution in [0.2, 0.25) is 0 Å². The van der Waals surface area contributed by atoms with Gasteiger partial charge in [-0.05, 0) is 12.1 Å². The van der Waals surface area contributed by atoms with Crippen LogP contribution < -0.4 is 0 Å². The van der Waals surface area contributed by atoms with E-state index in [-0.39, 0.29) is 16.8 Å². The summed E-state index contributed by atoms with van der Waals surface area (Å²) in [4.78, 5) is 18.2. The number of nitrogens with zero attached hydrogens (tertiary/aromatic N) is 2. The molecule has 0 spiro atoms. The second-order valence-electron chi connectivity index (χ2n) is 4.37. The zero-order valence-electron chi connectivity index (χ0n) is 11.2. The Bertz CT molecular complexity index is 780. The molecule has 1 aromatic heterocycles. The summed E-state index contributed by atoms with van der Waals surface area (Å²) in [6.45, 7) is 0. The molecule has 0 aliphatic carbocycles. The van der Waals surface area contributed by atoms with Crippen LogP contribution in [0.1, 0.15) is 21.9 Å². The molecule has 2 N–H and O–H groups in total. The number of carbonyl (C=O) groups is 1. The fourth-order valence-electron chi connectivity index (χ4n) is 1.85. The summed E-state index contributed by atoms with van der Waals surface area (Å²) < 4.78 is 58.4. The lowest BCUT2D eigenvalue weighted by Crippen LogP contribution is -2.13. The molecule has 0 amide bonds. The van der Waals surface area contributed by atoms with E-state index < -0.39 is 40.5 Å². The van der Waals surface area contributed by atoms with Crippen molar-refractivity contribution < 1.29 is 31.8 Å². The number of halogens is 3. The summed E-state index contributed by atoms with van der Waals surface area (Å²) in [5.41, 5.74) is -1.89. The lowest BCUT2D eigenvalue weighted by atomic mass is 10.0. The van der Waals surface area contributed by atoms with Gasteiger partial charge < -0.3 is 9.66 Å². The summed E-state index contributed by atoms with van der Waals surface area (Å²) >= 11 is -2.44. The van der Waals surface area contributed by atoms with Gasteiger partial charge in [-0.3, -0.25) is 0 Å². The summed E-state index contributed by atoms with van der Waals surface area (Å²) in [5.74, 6) is -2.54. The molecule has 10 heteroatoms. The first kappa shape index (κ1) is 17.0. The molecule has 1 unspecified atom stereocenters. The first-order chi connectivity index (χ1) is 10.7. The third-order valence-electron chi connectivity index (χ3n) is 2.75. The zero-order chi connectivity index (χ0) is 17.2. The molecule has 23 heavy (non-hydrogen) atoms. The van der Waals surface area contributed by atoms with Crippen molar-refractivity contribution in [3.63, 3.8) is 0 Å². The van der Waals surface area contributed by atoms with Crippen LogP contribution in [0, 0.1) is 0 Å². The van der Waals surface area contributed by atoms with Crippen molar-refractivity contribution in [2.24, 2.45) is 0 Å². The molecule has 1 heterocycles. The minimum absolute atomic E-state index is 0.0436. The van der Waals surface area contributed by atoms with E-state index in [0.29, 0.717) is 6.07 Å². The van der Waals surface area contributed by atoms with Crippen LogP contribution in [0.4, 0.5) is 13.2 Å². The maximum absolute atomic E-state index is 12.9. The number of hydrogen-bond acceptors (Lipinski definition) is 4. The van der Waals surface area contributed by atoms with E-state index in [1.54, 1.807) is 0 Å². The van der Waals surface area contributed by atoms with Gasteiger partial charge >= 0.3 is 12.1 Å². The average Bonchev–Trinajstić information content (AvgIpc) is 2.45. The van der Waals surface area contributed by atoms with E-state index in [0.717, 1.165) is 0 Å². The van der Waals surface area contributed by atoms with E-state index >= 15 is 0 Å². The SMILES string of the molecule is O=C(O)c1ccccc1-c1cc(C(F)(F)F)nc(CS(=O)O)n1. The van der Waals surface area contributed by atoms with Gasteiger partial charge in [0.05, 0.1) is 11.3 Å². The second-order valence-corrected chi connectivity index (χ2v) is 5.30. The Kier molecular flexibility index (Phi) is 4.76. The fraction of sp³-hybridized carbons (Fsp3) is 0.154. The van der Waals surface area contributed by atoms with Crippen molar-refractivity contribution in [3.8, 4) is 11.3 Å². The molecule has 2 rings (SSSR count). The number of carboxylic acids is 1. The molecule has 0 aliphatic heterocycles. The Morgan fingerprint density at radius 1 is 1.22 bits per heavy atom. The van der Waals surface area contributed by atoms with Crippen LogP contribution in [-0.4, -0.2) is 29.8 Å². The maximum atomic E-state index is 12.9. The minimum Gasteiger partial charge on any atom is -0.478 e. The molecular weight excluding hydrogens is 337 g/mol. The molecular formula is C13H9F3N2O4S. The molecule has 0 saturated heterocycles. The van der Waals surface area contributed by atoms with Crippen molar-refractivity contribution >= 4 is 17.0 Å². The largest absolute Gasteiger partial charge is 0.478 e. The fourth-order valence-corrected chi connectivity index (χ4v) is 2.20. The van der Waals surface area contributed by atoms with Crippen LogP contribution in [0.5, 0.6) is 0 Å². The molecule has 0 radical (unpaired) electrons.